The summed E-state index contributed by atoms with van der Waals surface area (Å²) in [5, 5.41) is 11.9. The van der Waals surface area contributed by atoms with Crippen LogP contribution in [0.3, 0.4) is 0 Å². The number of esters is 1. The highest BCUT2D eigenvalue weighted by atomic mass is 16.5. The molecule has 7 nitrogen and oxygen atoms in total. The number of amides is 1. The predicted octanol–water partition coefficient (Wildman–Crippen LogP) is 1.57. The molecule has 0 radical (unpaired) electrons. The van der Waals surface area contributed by atoms with Crippen molar-refractivity contribution in [1.29, 1.82) is 0 Å². The Balaban J connectivity index is 1.80. The van der Waals surface area contributed by atoms with Gasteiger partial charge in [0.05, 0.1) is 19.6 Å². The fourth-order valence-electron chi connectivity index (χ4n) is 3.05. The fourth-order valence-corrected chi connectivity index (χ4v) is 3.05. The monoisotopic (exact) mass is 362 g/mol. The molecule has 0 aromatic heterocycles. The van der Waals surface area contributed by atoms with Crippen molar-refractivity contribution in [2.24, 2.45) is 0 Å². The van der Waals surface area contributed by atoms with E-state index in [9.17, 15) is 14.4 Å². The lowest BCUT2D eigenvalue weighted by Crippen LogP contribution is -2.45. The van der Waals surface area contributed by atoms with Crippen molar-refractivity contribution in [3.05, 3.63) is 35.9 Å². The maximum absolute atomic E-state index is 12.2. The highest BCUT2D eigenvalue weighted by Gasteiger charge is 2.21. The average molecular weight is 362 g/mol. The summed E-state index contributed by atoms with van der Waals surface area (Å²) in [7, 11) is 0. The molecule has 1 saturated carbocycles. The summed E-state index contributed by atoms with van der Waals surface area (Å²) in [6.45, 7) is -0.645. The van der Waals surface area contributed by atoms with Crippen LogP contribution in [0.4, 0.5) is 0 Å². The lowest BCUT2D eigenvalue weighted by molar-refractivity contribution is -0.147. The highest BCUT2D eigenvalue weighted by molar-refractivity contribution is 5.81. The van der Waals surface area contributed by atoms with Gasteiger partial charge in [0, 0.05) is 6.04 Å². The van der Waals surface area contributed by atoms with Gasteiger partial charge >= 0.3 is 11.9 Å². The van der Waals surface area contributed by atoms with Crippen LogP contribution in [0.5, 0.6) is 0 Å². The Bertz CT molecular complexity index is 599. The summed E-state index contributed by atoms with van der Waals surface area (Å²) in [6, 6.07) is 9.36. The number of hydrogen-bond acceptors (Lipinski definition) is 5. The predicted molar refractivity (Wildman–Crippen MR) is 95.3 cm³/mol. The fraction of sp³-hybridized carbons (Fsp3) is 0.526. The van der Waals surface area contributed by atoms with Crippen molar-refractivity contribution in [3.8, 4) is 0 Å². The van der Waals surface area contributed by atoms with E-state index in [1.165, 1.54) is 11.3 Å². The first-order valence-corrected chi connectivity index (χ1v) is 8.96. The molecule has 0 spiro atoms. The van der Waals surface area contributed by atoms with Gasteiger partial charge in [0.15, 0.2) is 0 Å². The topological polar surface area (TPSA) is 95.9 Å². The average Bonchev–Trinajstić information content (AvgIpc) is 2.61. The summed E-state index contributed by atoms with van der Waals surface area (Å²) < 4.78 is 5.17. The van der Waals surface area contributed by atoms with Gasteiger partial charge in [-0.15, -0.1) is 0 Å². The molecule has 1 aliphatic carbocycles. The normalized spacial score (nSPS) is 14.8. The molecule has 2 N–H and O–H groups in total. The molecule has 0 heterocycles. The number of carbonyl (C=O) groups excluding carboxylic acids is 2. The van der Waals surface area contributed by atoms with E-state index in [1.807, 2.05) is 30.3 Å². The molecule has 2 rings (SSSR count). The molecular weight excluding hydrogens is 336 g/mol. The standard InChI is InChI=1S/C19H26N2O5/c22-17(20-16-9-5-2-6-10-16)11-21(12-18(23)24)13-19(25)26-14-15-7-3-1-4-8-15/h1,3-4,7-8,16H,2,5-6,9-14H2,(H,20,22)(H,23,24). The third kappa shape index (κ3) is 7.65. The zero-order valence-electron chi connectivity index (χ0n) is 14.9. The van der Waals surface area contributed by atoms with Crippen molar-refractivity contribution in [1.82, 2.24) is 10.2 Å². The minimum Gasteiger partial charge on any atom is -0.480 e. The molecule has 0 atom stereocenters. The summed E-state index contributed by atoms with van der Waals surface area (Å²) in [5.74, 6) is -1.90. The van der Waals surface area contributed by atoms with Gasteiger partial charge in [-0.1, -0.05) is 49.6 Å². The van der Waals surface area contributed by atoms with Gasteiger partial charge in [0.25, 0.3) is 0 Å². The number of carboxylic acids is 1. The number of nitrogens with zero attached hydrogens (tertiary/aromatic N) is 1. The number of carbonyl (C=O) groups is 3. The van der Waals surface area contributed by atoms with Crippen molar-refractivity contribution >= 4 is 17.8 Å². The molecule has 1 aromatic rings. The first-order valence-electron chi connectivity index (χ1n) is 8.96. The molecule has 0 bridgehead atoms. The van der Waals surface area contributed by atoms with Gasteiger partial charge < -0.3 is 15.2 Å². The minimum absolute atomic E-state index is 0.120. The maximum atomic E-state index is 12.2. The molecule has 7 heteroatoms. The molecule has 0 saturated heterocycles. The second-order valence-corrected chi connectivity index (χ2v) is 6.59. The van der Waals surface area contributed by atoms with Gasteiger partial charge in [0.1, 0.15) is 6.61 Å². The van der Waals surface area contributed by atoms with Crippen LogP contribution in [0.15, 0.2) is 30.3 Å². The number of ether oxygens (including phenoxy) is 1. The highest BCUT2D eigenvalue weighted by Crippen LogP contribution is 2.17. The van der Waals surface area contributed by atoms with E-state index in [0.717, 1.165) is 31.2 Å². The Morgan fingerprint density at radius 3 is 2.38 bits per heavy atom. The lowest BCUT2D eigenvalue weighted by Gasteiger charge is -2.25. The van der Waals surface area contributed by atoms with Crippen LogP contribution in [-0.4, -0.2) is 53.5 Å². The molecule has 26 heavy (non-hydrogen) atoms. The molecular formula is C19H26N2O5. The Hall–Kier alpha value is -2.41. The second kappa shape index (κ2) is 10.6. The van der Waals surface area contributed by atoms with Crippen LogP contribution in [0.2, 0.25) is 0 Å². The van der Waals surface area contributed by atoms with Crippen LogP contribution in [-0.2, 0) is 25.7 Å². The third-order valence-corrected chi connectivity index (χ3v) is 4.29. The van der Waals surface area contributed by atoms with Gasteiger partial charge in [-0.3, -0.25) is 19.3 Å². The van der Waals surface area contributed by atoms with Crippen LogP contribution >= 0.6 is 0 Å². The molecule has 0 aliphatic heterocycles. The van der Waals surface area contributed by atoms with Crippen LogP contribution in [0.1, 0.15) is 37.7 Å². The number of carboxylic acid groups (broad SMARTS) is 1. The number of rotatable bonds is 9. The van der Waals surface area contributed by atoms with E-state index in [1.54, 1.807) is 0 Å². The van der Waals surface area contributed by atoms with Crippen molar-refractivity contribution < 1.29 is 24.2 Å². The Labute approximate surface area is 153 Å². The van der Waals surface area contributed by atoms with Gasteiger partial charge in [-0.05, 0) is 18.4 Å². The molecule has 142 valence electrons. The maximum Gasteiger partial charge on any atom is 0.320 e. The van der Waals surface area contributed by atoms with Crippen molar-refractivity contribution in [2.75, 3.05) is 19.6 Å². The molecule has 1 aliphatic rings. The number of aliphatic carboxylic acids is 1. The zero-order valence-corrected chi connectivity index (χ0v) is 14.9. The molecule has 1 aromatic carbocycles. The molecule has 1 amide bonds. The largest absolute Gasteiger partial charge is 0.480 e. The zero-order chi connectivity index (χ0) is 18.8. The smallest absolute Gasteiger partial charge is 0.320 e. The number of hydrogen-bond donors (Lipinski definition) is 2. The molecule has 1 fully saturated rings. The Kier molecular flexibility index (Phi) is 8.08. The van der Waals surface area contributed by atoms with E-state index in [2.05, 4.69) is 5.32 Å². The van der Waals surface area contributed by atoms with Crippen molar-refractivity contribution in [3.63, 3.8) is 0 Å². The number of nitrogens with one attached hydrogen (secondary N) is 1. The second-order valence-electron chi connectivity index (χ2n) is 6.59. The van der Waals surface area contributed by atoms with Gasteiger partial charge in [0.2, 0.25) is 5.91 Å². The third-order valence-electron chi connectivity index (χ3n) is 4.29. The van der Waals surface area contributed by atoms with Crippen LogP contribution < -0.4 is 5.32 Å². The summed E-state index contributed by atoms with van der Waals surface area (Å²) >= 11 is 0. The summed E-state index contributed by atoms with van der Waals surface area (Å²) in [5.41, 5.74) is 0.848. The van der Waals surface area contributed by atoms with Crippen molar-refractivity contribution in [2.45, 2.75) is 44.8 Å². The van der Waals surface area contributed by atoms with E-state index in [4.69, 9.17) is 9.84 Å². The first kappa shape index (κ1) is 19.9. The lowest BCUT2D eigenvalue weighted by atomic mass is 9.95. The SMILES string of the molecule is O=C(O)CN(CC(=O)NC1CCCCC1)CC(=O)OCc1ccccc1. The van der Waals surface area contributed by atoms with Gasteiger partial charge in [-0.25, -0.2) is 0 Å². The van der Waals surface area contributed by atoms with E-state index in [-0.39, 0.29) is 31.6 Å². The van der Waals surface area contributed by atoms with E-state index in [0.29, 0.717) is 0 Å². The molecule has 0 unspecified atom stereocenters. The van der Waals surface area contributed by atoms with E-state index < -0.39 is 18.5 Å². The van der Waals surface area contributed by atoms with E-state index >= 15 is 0 Å². The summed E-state index contributed by atoms with van der Waals surface area (Å²) in [4.78, 5) is 36.5. The quantitative estimate of drug-likeness (QED) is 0.647. The number of benzene rings is 1. The minimum atomic E-state index is -1.09. The first-order chi connectivity index (χ1) is 12.5. The van der Waals surface area contributed by atoms with Crippen LogP contribution in [0.25, 0.3) is 0 Å². The van der Waals surface area contributed by atoms with Crippen LogP contribution in [0, 0.1) is 0 Å². The Morgan fingerprint density at radius 1 is 1.04 bits per heavy atom. The Morgan fingerprint density at radius 2 is 1.73 bits per heavy atom. The summed E-state index contributed by atoms with van der Waals surface area (Å²) in [6.07, 6.45) is 5.27. The van der Waals surface area contributed by atoms with Gasteiger partial charge in [-0.2, -0.15) is 0 Å².